The van der Waals surface area contributed by atoms with Gasteiger partial charge < -0.3 is 9.88 Å². The van der Waals surface area contributed by atoms with Crippen LogP contribution < -0.4 is 5.32 Å². The second kappa shape index (κ2) is 6.55. The summed E-state index contributed by atoms with van der Waals surface area (Å²) >= 11 is 6.10. The number of hydrogen-bond acceptors (Lipinski definition) is 3. The van der Waals surface area contributed by atoms with Gasteiger partial charge in [-0.25, -0.2) is 0 Å². The minimum atomic E-state index is 0.0354. The van der Waals surface area contributed by atoms with Gasteiger partial charge in [0.25, 0.3) is 0 Å². The van der Waals surface area contributed by atoms with Crippen LogP contribution in [0.4, 0.5) is 5.69 Å². The molecular weight excluding hydrogens is 324 g/mol. The van der Waals surface area contributed by atoms with E-state index in [1.807, 2.05) is 18.2 Å². The van der Waals surface area contributed by atoms with Crippen LogP contribution >= 0.6 is 11.6 Å². The van der Waals surface area contributed by atoms with Crippen LogP contribution in [0, 0.1) is 5.92 Å². The molecule has 0 radical (unpaired) electrons. The van der Waals surface area contributed by atoms with Crippen molar-refractivity contribution in [3.8, 4) is 0 Å². The van der Waals surface area contributed by atoms with E-state index >= 15 is 0 Å². The third-order valence-corrected chi connectivity index (χ3v) is 5.29. The number of nitrogens with zero attached hydrogens (tertiary/aromatic N) is 3. The Morgan fingerprint density at radius 1 is 1.21 bits per heavy atom. The third-order valence-electron chi connectivity index (χ3n) is 4.96. The lowest BCUT2D eigenvalue weighted by atomic mass is 9.96. The van der Waals surface area contributed by atoms with Crippen LogP contribution in [0.15, 0.2) is 24.3 Å². The van der Waals surface area contributed by atoms with Gasteiger partial charge in [0.15, 0.2) is 0 Å². The molecule has 5 nitrogen and oxygen atoms in total. The highest BCUT2D eigenvalue weighted by Crippen LogP contribution is 2.40. The van der Waals surface area contributed by atoms with Gasteiger partial charge in [-0.15, -0.1) is 10.2 Å². The number of carbonyl (C=O) groups is 1. The van der Waals surface area contributed by atoms with Gasteiger partial charge in [0.1, 0.15) is 11.6 Å². The lowest BCUT2D eigenvalue weighted by Gasteiger charge is -2.14. The van der Waals surface area contributed by atoms with Gasteiger partial charge in [0.2, 0.25) is 5.91 Å². The number of benzene rings is 1. The van der Waals surface area contributed by atoms with Crippen molar-refractivity contribution in [3.63, 3.8) is 0 Å². The average Bonchev–Trinajstić information content (AvgIpc) is 3.36. The number of aromatic nitrogens is 3. The molecule has 4 rings (SSSR count). The summed E-state index contributed by atoms with van der Waals surface area (Å²) in [6.45, 7) is 0.929. The van der Waals surface area contributed by atoms with E-state index in [9.17, 15) is 4.79 Å². The SMILES string of the molecule is O=C(CC1CCc2nnc(C3CC3)n2CC1)Nc1ccccc1Cl. The van der Waals surface area contributed by atoms with Crippen LogP contribution in [0.25, 0.3) is 0 Å². The van der Waals surface area contributed by atoms with Crippen LogP contribution in [0.1, 0.15) is 49.7 Å². The molecule has 1 atom stereocenters. The highest BCUT2D eigenvalue weighted by molar-refractivity contribution is 6.33. The van der Waals surface area contributed by atoms with Crippen molar-refractivity contribution in [2.45, 2.75) is 51.0 Å². The Morgan fingerprint density at radius 3 is 2.83 bits per heavy atom. The summed E-state index contributed by atoms with van der Waals surface area (Å²) in [6.07, 6.45) is 5.90. The Labute approximate surface area is 146 Å². The van der Waals surface area contributed by atoms with Gasteiger partial charge in [-0.3, -0.25) is 4.79 Å². The number of nitrogens with one attached hydrogen (secondary N) is 1. The van der Waals surface area contributed by atoms with Crippen molar-refractivity contribution in [3.05, 3.63) is 40.9 Å². The molecule has 24 heavy (non-hydrogen) atoms. The highest BCUT2D eigenvalue weighted by atomic mass is 35.5. The summed E-state index contributed by atoms with van der Waals surface area (Å²) in [5.41, 5.74) is 0.686. The Hall–Kier alpha value is -1.88. The third kappa shape index (κ3) is 3.31. The Morgan fingerprint density at radius 2 is 2.04 bits per heavy atom. The minimum Gasteiger partial charge on any atom is -0.325 e. The van der Waals surface area contributed by atoms with Crippen molar-refractivity contribution in [2.75, 3.05) is 5.32 Å². The molecule has 1 fully saturated rings. The molecule has 1 saturated carbocycles. The van der Waals surface area contributed by atoms with Gasteiger partial charge in [-0.1, -0.05) is 23.7 Å². The second-order valence-corrected chi connectivity index (χ2v) is 7.23. The number of hydrogen-bond donors (Lipinski definition) is 1. The molecule has 1 aromatic carbocycles. The fraction of sp³-hybridized carbons (Fsp3) is 0.500. The quantitative estimate of drug-likeness (QED) is 0.917. The van der Waals surface area contributed by atoms with Crippen molar-refractivity contribution < 1.29 is 4.79 Å². The Balaban J connectivity index is 1.36. The number of halogens is 1. The number of carbonyl (C=O) groups excluding carboxylic acids is 1. The predicted molar refractivity (Wildman–Crippen MR) is 93.1 cm³/mol. The van der Waals surface area contributed by atoms with E-state index in [0.29, 0.717) is 29.0 Å². The van der Waals surface area contributed by atoms with Crippen LogP contribution in [0.3, 0.4) is 0 Å². The first-order valence-electron chi connectivity index (χ1n) is 8.67. The van der Waals surface area contributed by atoms with E-state index in [1.165, 1.54) is 12.8 Å². The number of para-hydroxylation sites is 1. The van der Waals surface area contributed by atoms with Crippen LogP contribution in [0.2, 0.25) is 5.02 Å². The number of amides is 1. The van der Waals surface area contributed by atoms with Crippen molar-refractivity contribution in [1.82, 2.24) is 14.8 Å². The summed E-state index contributed by atoms with van der Waals surface area (Å²) < 4.78 is 2.30. The molecular formula is C18H21ClN4O. The first-order chi connectivity index (χ1) is 11.7. The molecule has 126 valence electrons. The van der Waals surface area contributed by atoms with Crippen LogP contribution in [0.5, 0.6) is 0 Å². The van der Waals surface area contributed by atoms with Gasteiger partial charge in [0, 0.05) is 25.3 Å². The zero-order valence-corrected chi connectivity index (χ0v) is 14.3. The van der Waals surface area contributed by atoms with E-state index in [-0.39, 0.29) is 5.91 Å². The molecule has 1 aliphatic heterocycles. The maximum atomic E-state index is 12.3. The maximum absolute atomic E-state index is 12.3. The predicted octanol–water partition coefficient (Wildman–Crippen LogP) is 3.79. The van der Waals surface area contributed by atoms with E-state index < -0.39 is 0 Å². The van der Waals surface area contributed by atoms with Gasteiger partial charge >= 0.3 is 0 Å². The van der Waals surface area contributed by atoms with Gasteiger partial charge in [-0.05, 0) is 43.7 Å². The molecule has 1 N–H and O–H groups in total. The molecule has 1 unspecified atom stereocenters. The van der Waals surface area contributed by atoms with E-state index in [0.717, 1.165) is 37.5 Å². The van der Waals surface area contributed by atoms with Crippen molar-refractivity contribution in [1.29, 1.82) is 0 Å². The van der Waals surface area contributed by atoms with Crippen molar-refractivity contribution >= 4 is 23.2 Å². The van der Waals surface area contributed by atoms with Gasteiger partial charge in [-0.2, -0.15) is 0 Å². The molecule has 1 amide bonds. The van der Waals surface area contributed by atoms with Crippen LogP contribution in [-0.2, 0) is 17.8 Å². The molecule has 2 aliphatic rings. The number of aryl methyl sites for hydroxylation is 1. The zero-order chi connectivity index (χ0) is 16.5. The van der Waals surface area contributed by atoms with E-state index in [2.05, 4.69) is 20.1 Å². The standard InChI is InChI=1S/C18H21ClN4O/c19-14-3-1-2-4-15(14)20-17(24)11-12-5-8-16-21-22-18(13-6-7-13)23(16)10-9-12/h1-4,12-13H,5-11H2,(H,20,24). The molecule has 0 saturated heterocycles. The summed E-state index contributed by atoms with van der Waals surface area (Å²) in [6, 6.07) is 7.35. The molecule has 1 aliphatic carbocycles. The molecule has 6 heteroatoms. The Kier molecular flexibility index (Phi) is 4.27. The minimum absolute atomic E-state index is 0.0354. The number of anilines is 1. The van der Waals surface area contributed by atoms with Crippen LogP contribution in [-0.4, -0.2) is 20.7 Å². The summed E-state index contributed by atoms with van der Waals surface area (Å²) in [4.78, 5) is 12.3. The molecule has 2 aromatic rings. The number of rotatable bonds is 4. The van der Waals surface area contributed by atoms with Gasteiger partial charge in [0.05, 0.1) is 10.7 Å². The summed E-state index contributed by atoms with van der Waals surface area (Å²) in [7, 11) is 0. The lowest BCUT2D eigenvalue weighted by molar-refractivity contribution is -0.117. The largest absolute Gasteiger partial charge is 0.325 e. The van der Waals surface area contributed by atoms with Crippen molar-refractivity contribution in [2.24, 2.45) is 5.92 Å². The molecule has 0 spiro atoms. The zero-order valence-electron chi connectivity index (χ0n) is 13.5. The first kappa shape index (κ1) is 15.6. The fourth-order valence-electron chi connectivity index (χ4n) is 3.44. The average molecular weight is 345 g/mol. The summed E-state index contributed by atoms with van der Waals surface area (Å²) in [5, 5.41) is 12.2. The monoisotopic (exact) mass is 344 g/mol. The summed E-state index contributed by atoms with van der Waals surface area (Å²) in [5.74, 6) is 3.28. The smallest absolute Gasteiger partial charge is 0.224 e. The second-order valence-electron chi connectivity index (χ2n) is 6.83. The lowest BCUT2D eigenvalue weighted by Crippen LogP contribution is -2.17. The molecule has 0 bridgehead atoms. The normalized spacial score (nSPS) is 20.3. The van der Waals surface area contributed by atoms with E-state index in [4.69, 9.17) is 11.6 Å². The molecule has 1 aromatic heterocycles. The highest BCUT2D eigenvalue weighted by Gasteiger charge is 2.31. The first-order valence-corrected chi connectivity index (χ1v) is 9.05. The molecule has 2 heterocycles. The Bertz CT molecular complexity index is 753. The fourth-order valence-corrected chi connectivity index (χ4v) is 3.62. The number of fused-ring (bicyclic) bond motifs is 1. The van der Waals surface area contributed by atoms with E-state index in [1.54, 1.807) is 6.07 Å². The maximum Gasteiger partial charge on any atom is 0.224 e. The topological polar surface area (TPSA) is 59.8 Å².